The molecule has 3 heterocycles. The highest BCUT2D eigenvalue weighted by molar-refractivity contribution is 5.45. The zero-order chi connectivity index (χ0) is 17.2. The molecule has 4 rings (SSSR count). The van der Waals surface area contributed by atoms with Crippen molar-refractivity contribution in [3.8, 4) is 11.5 Å². The summed E-state index contributed by atoms with van der Waals surface area (Å²) >= 11 is 0. The molecule has 1 saturated heterocycles. The maximum absolute atomic E-state index is 10.1. The first-order valence-corrected chi connectivity index (χ1v) is 8.26. The van der Waals surface area contributed by atoms with Gasteiger partial charge in [-0.1, -0.05) is 35.0 Å². The van der Waals surface area contributed by atoms with Gasteiger partial charge in [0.05, 0.1) is 18.3 Å². The van der Waals surface area contributed by atoms with Crippen LogP contribution in [0.25, 0.3) is 11.5 Å². The van der Waals surface area contributed by atoms with E-state index >= 15 is 0 Å². The molecule has 1 aliphatic rings. The van der Waals surface area contributed by atoms with Gasteiger partial charge in [0.1, 0.15) is 5.69 Å². The normalized spacial score (nSPS) is 20.9. The van der Waals surface area contributed by atoms with Crippen molar-refractivity contribution >= 4 is 0 Å². The Morgan fingerprint density at radius 1 is 1.24 bits per heavy atom. The number of hydrogen-bond acceptors (Lipinski definition) is 7. The summed E-state index contributed by atoms with van der Waals surface area (Å²) in [6, 6.07) is 8.30. The molecular weight excluding hydrogens is 318 g/mol. The molecule has 0 spiro atoms. The van der Waals surface area contributed by atoms with Gasteiger partial charge in [0, 0.05) is 25.5 Å². The topological polar surface area (TPSA) is 88.2 Å². The highest BCUT2D eigenvalue weighted by Crippen LogP contribution is 2.33. The van der Waals surface area contributed by atoms with Gasteiger partial charge in [-0.3, -0.25) is 9.88 Å². The van der Waals surface area contributed by atoms with Crippen molar-refractivity contribution in [1.29, 1.82) is 0 Å². The van der Waals surface area contributed by atoms with E-state index in [0.29, 0.717) is 30.4 Å². The first kappa shape index (κ1) is 15.9. The van der Waals surface area contributed by atoms with Crippen LogP contribution in [0.4, 0.5) is 0 Å². The Balaban J connectivity index is 1.55. The van der Waals surface area contributed by atoms with E-state index in [1.54, 1.807) is 18.6 Å². The number of aromatic nitrogens is 4. The van der Waals surface area contributed by atoms with Crippen LogP contribution in [0.5, 0.6) is 0 Å². The molecule has 2 atom stereocenters. The van der Waals surface area contributed by atoms with E-state index in [0.717, 1.165) is 6.54 Å². The van der Waals surface area contributed by atoms with Crippen molar-refractivity contribution in [2.24, 2.45) is 0 Å². The summed E-state index contributed by atoms with van der Waals surface area (Å²) in [6.07, 6.45) is 4.97. The summed E-state index contributed by atoms with van der Waals surface area (Å²) in [6.45, 7) is 3.38. The molecule has 0 unspecified atom stereocenters. The summed E-state index contributed by atoms with van der Waals surface area (Å²) in [7, 11) is 0. The molecule has 128 valence electrons. The fourth-order valence-corrected chi connectivity index (χ4v) is 3.13. The number of likely N-dealkylation sites (tertiary alicyclic amines) is 1. The largest absolute Gasteiger partial charge is 0.392 e. The fourth-order valence-electron chi connectivity index (χ4n) is 3.13. The van der Waals surface area contributed by atoms with Crippen LogP contribution in [-0.4, -0.2) is 42.8 Å². The molecule has 7 nitrogen and oxygen atoms in total. The number of aryl methyl sites for hydroxylation is 1. The Hall–Kier alpha value is -2.64. The van der Waals surface area contributed by atoms with E-state index < -0.39 is 6.10 Å². The molecule has 1 aromatic carbocycles. The minimum atomic E-state index is -0.401. The maximum Gasteiger partial charge on any atom is 0.244 e. The van der Waals surface area contributed by atoms with Gasteiger partial charge >= 0.3 is 0 Å². The molecule has 0 bridgehead atoms. The van der Waals surface area contributed by atoms with E-state index in [1.807, 2.05) is 0 Å². The monoisotopic (exact) mass is 337 g/mol. The van der Waals surface area contributed by atoms with Crippen LogP contribution < -0.4 is 0 Å². The van der Waals surface area contributed by atoms with Crippen molar-refractivity contribution < 1.29 is 9.63 Å². The zero-order valence-electron chi connectivity index (χ0n) is 13.9. The summed E-state index contributed by atoms with van der Waals surface area (Å²) in [5.41, 5.74) is 2.99. The van der Waals surface area contributed by atoms with Crippen molar-refractivity contribution in [2.75, 3.05) is 6.54 Å². The third-order valence-electron chi connectivity index (χ3n) is 4.41. The quantitative estimate of drug-likeness (QED) is 0.780. The van der Waals surface area contributed by atoms with Gasteiger partial charge in [-0.2, -0.15) is 4.98 Å². The minimum Gasteiger partial charge on any atom is -0.392 e. The molecule has 25 heavy (non-hydrogen) atoms. The third kappa shape index (κ3) is 3.42. The number of benzene rings is 1. The fraction of sp³-hybridized carbons (Fsp3) is 0.333. The third-order valence-corrected chi connectivity index (χ3v) is 4.41. The van der Waals surface area contributed by atoms with Crippen molar-refractivity contribution in [3.05, 3.63) is 59.9 Å². The number of rotatable bonds is 4. The average Bonchev–Trinajstić information content (AvgIpc) is 3.24. The summed E-state index contributed by atoms with van der Waals surface area (Å²) in [5.74, 6) is 0.920. The molecule has 1 aliphatic heterocycles. The number of aliphatic hydroxyl groups is 1. The van der Waals surface area contributed by atoms with Crippen LogP contribution in [0.1, 0.15) is 29.5 Å². The van der Waals surface area contributed by atoms with Crippen molar-refractivity contribution in [1.82, 2.24) is 25.0 Å². The molecule has 2 aromatic heterocycles. The summed E-state index contributed by atoms with van der Waals surface area (Å²) in [4.78, 5) is 14.9. The predicted molar refractivity (Wildman–Crippen MR) is 90.3 cm³/mol. The number of nitrogens with zero attached hydrogens (tertiary/aromatic N) is 5. The van der Waals surface area contributed by atoms with Crippen LogP contribution in [0.15, 0.2) is 47.4 Å². The van der Waals surface area contributed by atoms with Crippen LogP contribution >= 0.6 is 0 Å². The summed E-state index contributed by atoms with van der Waals surface area (Å²) in [5, 5.41) is 14.1. The van der Waals surface area contributed by atoms with Crippen LogP contribution in [0.2, 0.25) is 0 Å². The SMILES string of the molecule is Cc1ccc(CN2C[C@H](O)C[C@H]2c2nc(-c3cnccn3)no2)cc1. The molecule has 1 N–H and O–H groups in total. The highest BCUT2D eigenvalue weighted by atomic mass is 16.5. The van der Waals surface area contributed by atoms with Crippen LogP contribution in [-0.2, 0) is 6.54 Å². The second-order valence-corrected chi connectivity index (χ2v) is 6.37. The molecule has 0 aliphatic carbocycles. The maximum atomic E-state index is 10.1. The molecular formula is C18H19N5O2. The number of aliphatic hydroxyl groups excluding tert-OH is 1. The Morgan fingerprint density at radius 3 is 2.84 bits per heavy atom. The lowest BCUT2D eigenvalue weighted by Crippen LogP contribution is -2.24. The van der Waals surface area contributed by atoms with Gasteiger partial charge in [-0.25, -0.2) is 4.98 Å². The lowest BCUT2D eigenvalue weighted by Gasteiger charge is -2.21. The van der Waals surface area contributed by atoms with Gasteiger partial charge in [-0.05, 0) is 18.9 Å². The average molecular weight is 337 g/mol. The molecule has 0 saturated carbocycles. The van der Waals surface area contributed by atoms with Crippen LogP contribution in [0.3, 0.4) is 0 Å². The first-order valence-electron chi connectivity index (χ1n) is 8.26. The van der Waals surface area contributed by atoms with Gasteiger partial charge in [0.2, 0.25) is 11.7 Å². The van der Waals surface area contributed by atoms with E-state index in [2.05, 4.69) is 56.2 Å². The van der Waals surface area contributed by atoms with E-state index in [-0.39, 0.29) is 6.04 Å². The number of β-amino-alcohol motifs (C(OH)–C–C–N with tert-alkyl or cyclic N) is 1. The number of hydrogen-bond donors (Lipinski definition) is 1. The smallest absolute Gasteiger partial charge is 0.244 e. The standard InChI is InChI=1S/C18H19N5O2/c1-12-2-4-13(5-3-12)10-23-11-14(24)8-16(23)18-21-17(22-25-18)15-9-19-6-7-20-15/h2-7,9,14,16,24H,8,10-11H2,1H3/t14-,16+/m1/s1. The van der Waals surface area contributed by atoms with Gasteiger partial charge < -0.3 is 9.63 Å². The molecule has 3 aromatic rings. The minimum absolute atomic E-state index is 0.103. The van der Waals surface area contributed by atoms with E-state index in [1.165, 1.54) is 11.1 Å². The van der Waals surface area contributed by atoms with Gasteiger partial charge in [0.25, 0.3) is 0 Å². The lowest BCUT2D eigenvalue weighted by atomic mass is 10.1. The Labute approximate surface area is 145 Å². The lowest BCUT2D eigenvalue weighted by molar-refractivity contribution is 0.169. The molecule has 7 heteroatoms. The molecule has 1 fully saturated rings. The van der Waals surface area contributed by atoms with Crippen molar-refractivity contribution in [3.63, 3.8) is 0 Å². The molecule has 0 radical (unpaired) electrons. The zero-order valence-corrected chi connectivity index (χ0v) is 13.9. The highest BCUT2D eigenvalue weighted by Gasteiger charge is 2.36. The van der Waals surface area contributed by atoms with Gasteiger partial charge in [0.15, 0.2) is 0 Å². The summed E-state index contributed by atoms with van der Waals surface area (Å²) < 4.78 is 5.46. The van der Waals surface area contributed by atoms with Gasteiger partial charge in [-0.15, -0.1) is 0 Å². The van der Waals surface area contributed by atoms with E-state index in [9.17, 15) is 5.11 Å². The Kier molecular flexibility index (Phi) is 4.25. The predicted octanol–water partition coefficient (Wildman–Crippen LogP) is 2.14. The molecule has 0 amide bonds. The second-order valence-electron chi connectivity index (χ2n) is 6.37. The second kappa shape index (κ2) is 6.70. The Morgan fingerprint density at radius 2 is 2.08 bits per heavy atom. The first-order chi connectivity index (χ1) is 12.2. The Bertz CT molecular complexity index is 834. The van der Waals surface area contributed by atoms with E-state index in [4.69, 9.17) is 4.52 Å². The van der Waals surface area contributed by atoms with Crippen LogP contribution in [0, 0.1) is 6.92 Å². The van der Waals surface area contributed by atoms with Crippen molar-refractivity contribution in [2.45, 2.75) is 32.0 Å².